The summed E-state index contributed by atoms with van der Waals surface area (Å²) in [6.07, 6.45) is 0. The summed E-state index contributed by atoms with van der Waals surface area (Å²) in [6, 6.07) is 2.73. The van der Waals surface area contributed by atoms with Gasteiger partial charge in [0.15, 0.2) is 0 Å². The van der Waals surface area contributed by atoms with Crippen molar-refractivity contribution in [1.29, 1.82) is 0 Å². The zero-order valence-corrected chi connectivity index (χ0v) is 7.05. The largest absolute Gasteiger partial charge is 0.325 e. The van der Waals surface area contributed by atoms with Crippen LogP contribution in [0.3, 0.4) is 0 Å². The molecule has 0 aliphatic carbocycles. The van der Waals surface area contributed by atoms with Gasteiger partial charge in [0.1, 0.15) is 0 Å². The molecule has 0 saturated heterocycles. The highest BCUT2D eigenvalue weighted by atomic mass is 35.5. The number of nitrogens with two attached hydrogens (primary N) is 1. The fourth-order valence-electron chi connectivity index (χ4n) is 0.611. The molecule has 0 aromatic carbocycles. The SMILES string of the molecule is NCC(F)(F)c1ccc(Cl)s1. The molecule has 0 bridgehead atoms. The Morgan fingerprint density at radius 2 is 2.18 bits per heavy atom. The zero-order chi connectivity index (χ0) is 8.48. The third kappa shape index (κ3) is 1.89. The van der Waals surface area contributed by atoms with E-state index in [0.717, 1.165) is 11.3 Å². The summed E-state index contributed by atoms with van der Waals surface area (Å²) in [5.41, 5.74) is 4.86. The summed E-state index contributed by atoms with van der Waals surface area (Å²) in [5.74, 6) is -2.93. The van der Waals surface area contributed by atoms with Crippen molar-refractivity contribution < 1.29 is 8.78 Å². The molecule has 0 aliphatic rings. The van der Waals surface area contributed by atoms with Crippen LogP contribution in [0.25, 0.3) is 0 Å². The van der Waals surface area contributed by atoms with Gasteiger partial charge in [-0.25, -0.2) is 0 Å². The molecule has 0 radical (unpaired) electrons. The Balaban J connectivity index is 2.92. The second kappa shape index (κ2) is 3.05. The Morgan fingerprint density at radius 1 is 1.55 bits per heavy atom. The zero-order valence-electron chi connectivity index (χ0n) is 5.48. The first-order chi connectivity index (χ1) is 5.06. The van der Waals surface area contributed by atoms with Crippen molar-refractivity contribution in [2.24, 2.45) is 5.73 Å². The highest BCUT2D eigenvalue weighted by molar-refractivity contribution is 7.16. The monoisotopic (exact) mass is 197 g/mol. The molecule has 0 amide bonds. The van der Waals surface area contributed by atoms with Crippen LogP contribution in [0.4, 0.5) is 8.78 Å². The van der Waals surface area contributed by atoms with E-state index in [4.69, 9.17) is 17.3 Å². The van der Waals surface area contributed by atoms with Crippen LogP contribution in [0.15, 0.2) is 12.1 Å². The van der Waals surface area contributed by atoms with E-state index in [1.54, 1.807) is 0 Å². The molecule has 5 heteroatoms. The van der Waals surface area contributed by atoms with Gasteiger partial charge in [0, 0.05) is 0 Å². The Kier molecular flexibility index (Phi) is 2.47. The van der Waals surface area contributed by atoms with Crippen molar-refractivity contribution in [3.8, 4) is 0 Å². The van der Waals surface area contributed by atoms with Gasteiger partial charge in [-0.1, -0.05) is 11.6 Å². The fourth-order valence-corrected chi connectivity index (χ4v) is 1.64. The molecule has 0 spiro atoms. The Hall–Kier alpha value is -0.190. The summed E-state index contributed by atoms with van der Waals surface area (Å²) in [4.78, 5) is -0.0787. The summed E-state index contributed by atoms with van der Waals surface area (Å²) < 4.78 is 25.8. The maximum Gasteiger partial charge on any atom is 0.294 e. The van der Waals surface area contributed by atoms with Crippen LogP contribution in [0.2, 0.25) is 4.34 Å². The van der Waals surface area contributed by atoms with E-state index in [2.05, 4.69) is 0 Å². The van der Waals surface area contributed by atoms with Crippen LogP contribution in [-0.2, 0) is 5.92 Å². The van der Waals surface area contributed by atoms with Gasteiger partial charge in [-0.3, -0.25) is 0 Å². The number of halogens is 3. The van der Waals surface area contributed by atoms with Crippen LogP contribution in [0, 0.1) is 0 Å². The van der Waals surface area contributed by atoms with Crippen LogP contribution in [0.5, 0.6) is 0 Å². The summed E-state index contributed by atoms with van der Waals surface area (Å²) in [6.45, 7) is -0.677. The van der Waals surface area contributed by atoms with Crippen molar-refractivity contribution in [2.75, 3.05) is 6.54 Å². The second-order valence-electron chi connectivity index (χ2n) is 2.01. The molecule has 1 aromatic rings. The number of hydrogen-bond acceptors (Lipinski definition) is 2. The van der Waals surface area contributed by atoms with E-state index < -0.39 is 12.5 Å². The fraction of sp³-hybridized carbons (Fsp3) is 0.333. The van der Waals surface area contributed by atoms with Gasteiger partial charge in [0.25, 0.3) is 5.92 Å². The first kappa shape index (κ1) is 8.90. The molecule has 0 aliphatic heterocycles. The lowest BCUT2D eigenvalue weighted by Crippen LogP contribution is -2.23. The molecule has 0 atom stereocenters. The summed E-state index contributed by atoms with van der Waals surface area (Å²) in [7, 11) is 0. The molecule has 1 nitrogen and oxygen atoms in total. The molecule has 1 aromatic heterocycles. The third-order valence-electron chi connectivity index (χ3n) is 1.19. The minimum atomic E-state index is -2.93. The molecular formula is C6H6ClF2NS. The van der Waals surface area contributed by atoms with E-state index in [-0.39, 0.29) is 4.88 Å². The van der Waals surface area contributed by atoms with Crippen molar-refractivity contribution in [3.05, 3.63) is 21.3 Å². The normalized spacial score (nSPS) is 12.0. The Morgan fingerprint density at radius 3 is 2.55 bits per heavy atom. The summed E-state index contributed by atoms with van der Waals surface area (Å²) in [5, 5.41) is 0. The maximum atomic E-state index is 12.7. The molecule has 0 fully saturated rings. The molecule has 11 heavy (non-hydrogen) atoms. The minimum absolute atomic E-state index is 0.0787. The van der Waals surface area contributed by atoms with E-state index in [0.29, 0.717) is 4.34 Å². The standard InChI is InChI=1S/C6H6ClF2NS/c7-5-2-1-4(11-5)6(8,9)3-10/h1-2H,3,10H2. The van der Waals surface area contributed by atoms with Crippen LogP contribution in [0.1, 0.15) is 4.88 Å². The lowest BCUT2D eigenvalue weighted by molar-refractivity contribution is 0.00990. The smallest absolute Gasteiger partial charge is 0.294 e. The molecule has 1 heterocycles. The number of hydrogen-bond donors (Lipinski definition) is 1. The maximum absolute atomic E-state index is 12.7. The Bertz CT molecular complexity index is 248. The molecule has 2 N–H and O–H groups in total. The first-order valence-corrected chi connectivity index (χ1v) is 4.09. The first-order valence-electron chi connectivity index (χ1n) is 2.90. The number of rotatable bonds is 2. The highest BCUT2D eigenvalue weighted by Gasteiger charge is 2.30. The van der Waals surface area contributed by atoms with Crippen molar-refractivity contribution in [3.63, 3.8) is 0 Å². The van der Waals surface area contributed by atoms with Gasteiger partial charge in [-0.15, -0.1) is 11.3 Å². The average molecular weight is 198 g/mol. The van der Waals surface area contributed by atoms with Crippen LogP contribution >= 0.6 is 22.9 Å². The minimum Gasteiger partial charge on any atom is -0.325 e. The van der Waals surface area contributed by atoms with E-state index in [1.165, 1.54) is 12.1 Å². The topological polar surface area (TPSA) is 26.0 Å². The van der Waals surface area contributed by atoms with E-state index in [1.807, 2.05) is 0 Å². The predicted molar refractivity (Wildman–Crippen MR) is 42.3 cm³/mol. The van der Waals surface area contributed by atoms with Crippen LogP contribution < -0.4 is 5.73 Å². The van der Waals surface area contributed by atoms with Gasteiger partial charge in [-0.2, -0.15) is 8.78 Å². The summed E-state index contributed by atoms with van der Waals surface area (Å²) >= 11 is 6.32. The lowest BCUT2D eigenvalue weighted by Gasteiger charge is -2.09. The van der Waals surface area contributed by atoms with E-state index >= 15 is 0 Å². The number of thiophene rings is 1. The molecular weight excluding hydrogens is 192 g/mol. The predicted octanol–water partition coefficient (Wildman–Crippen LogP) is 2.45. The average Bonchev–Trinajstić information content (AvgIpc) is 2.36. The van der Waals surface area contributed by atoms with Crippen molar-refractivity contribution >= 4 is 22.9 Å². The van der Waals surface area contributed by atoms with Crippen LogP contribution in [-0.4, -0.2) is 6.54 Å². The Labute approximate surface area is 71.8 Å². The van der Waals surface area contributed by atoms with Crippen molar-refractivity contribution in [2.45, 2.75) is 5.92 Å². The number of alkyl halides is 2. The second-order valence-corrected chi connectivity index (χ2v) is 3.73. The van der Waals surface area contributed by atoms with Gasteiger partial charge in [0.05, 0.1) is 15.8 Å². The highest BCUT2D eigenvalue weighted by Crippen LogP contribution is 2.34. The molecule has 0 saturated carbocycles. The molecule has 62 valence electrons. The molecule has 0 unspecified atom stereocenters. The van der Waals surface area contributed by atoms with Crippen molar-refractivity contribution in [1.82, 2.24) is 0 Å². The van der Waals surface area contributed by atoms with E-state index in [9.17, 15) is 8.78 Å². The van der Waals surface area contributed by atoms with Gasteiger partial charge in [0.2, 0.25) is 0 Å². The van der Waals surface area contributed by atoms with Gasteiger partial charge < -0.3 is 5.73 Å². The third-order valence-corrected chi connectivity index (χ3v) is 2.53. The van der Waals surface area contributed by atoms with Gasteiger partial charge in [-0.05, 0) is 12.1 Å². The quantitative estimate of drug-likeness (QED) is 0.775. The van der Waals surface area contributed by atoms with Gasteiger partial charge >= 0.3 is 0 Å². The lowest BCUT2D eigenvalue weighted by atomic mass is 10.3. The molecule has 1 rings (SSSR count).